The lowest BCUT2D eigenvalue weighted by Crippen LogP contribution is -2.36. The normalized spacial score (nSPS) is 11.9. The van der Waals surface area contributed by atoms with Crippen LogP contribution in [0.5, 0.6) is 0 Å². The van der Waals surface area contributed by atoms with Gasteiger partial charge in [0, 0.05) is 0 Å². The van der Waals surface area contributed by atoms with Crippen molar-refractivity contribution >= 4 is 11.9 Å². The Balaban J connectivity index is 3.54. The van der Waals surface area contributed by atoms with E-state index in [2.05, 4.69) is 10.1 Å². The largest absolute Gasteiger partial charge is 0.465 e. The van der Waals surface area contributed by atoms with Gasteiger partial charge in [-0.05, 0) is 13.8 Å². The first kappa shape index (κ1) is 10.9. The van der Waals surface area contributed by atoms with Crippen LogP contribution in [0.15, 0.2) is 0 Å². The predicted octanol–water partition coefficient (Wildman–Crippen LogP) is -0.953. The molecule has 0 saturated heterocycles. The van der Waals surface area contributed by atoms with Crippen molar-refractivity contribution in [3.63, 3.8) is 0 Å². The number of amides is 1. The zero-order chi connectivity index (χ0) is 9.56. The summed E-state index contributed by atoms with van der Waals surface area (Å²) in [5.41, 5.74) is 0. The SMILES string of the molecule is CCOC(=O)CNC(=O)[C@H](C)O. The first-order valence-electron chi connectivity index (χ1n) is 3.69. The van der Waals surface area contributed by atoms with E-state index in [1.807, 2.05) is 0 Å². The van der Waals surface area contributed by atoms with Crippen LogP contribution in [0.2, 0.25) is 0 Å². The molecule has 0 aliphatic rings. The van der Waals surface area contributed by atoms with Crippen LogP contribution in [0, 0.1) is 0 Å². The maximum Gasteiger partial charge on any atom is 0.325 e. The summed E-state index contributed by atoms with van der Waals surface area (Å²) in [6.07, 6.45) is -1.10. The van der Waals surface area contributed by atoms with Crippen molar-refractivity contribution in [1.82, 2.24) is 5.32 Å². The van der Waals surface area contributed by atoms with Gasteiger partial charge in [-0.2, -0.15) is 0 Å². The van der Waals surface area contributed by atoms with E-state index in [-0.39, 0.29) is 13.2 Å². The second-order valence-electron chi connectivity index (χ2n) is 2.20. The highest BCUT2D eigenvalue weighted by Gasteiger charge is 2.09. The summed E-state index contributed by atoms with van der Waals surface area (Å²) in [6.45, 7) is 3.08. The van der Waals surface area contributed by atoms with Gasteiger partial charge in [-0.15, -0.1) is 0 Å². The zero-order valence-electron chi connectivity index (χ0n) is 7.16. The minimum atomic E-state index is -1.10. The lowest BCUT2D eigenvalue weighted by Gasteiger charge is -2.05. The minimum absolute atomic E-state index is 0.197. The van der Waals surface area contributed by atoms with Gasteiger partial charge in [0.2, 0.25) is 5.91 Å². The number of nitrogens with one attached hydrogen (secondary N) is 1. The molecule has 5 nitrogen and oxygen atoms in total. The van der Waals surface area contributed by atoms with E-state index in [1.165, 1.54) is 6.92 Å². The van der Waals surface area contributed by atoms with Crippen molar-refractivity contribution in [3.05, 3.63) is 0 Å². The van der Waals surface area contributed by atoms with Crippen LogP contribution in [-0.4, -0.2) is 36.2 Å². The number of hydrogen-bond acceptors (Lipinski definition) is 4. The summed E-state index contributed by atoms with van der Waals surface area (Å²) in [4.78, 5) is 21.3. The Hall–Kier alpha value is -1.10. The van der Waals surface area contributed by atoms with Crippen LogP contribution in [0.1, 0.15) is 13.8 Å². The van der Waals surface area contributed by atoms with E-state index in [1.54, 1.807) is 6.92 Å². The Morgan fingerprint density at radius 2 is 2.17 bits per heavy atom. The Labute approximate surface area is 70.7 Å². The van der Waals surface area contributed by atoms with Crippen molar-refractivity contribution in [3.8, 4) is 0 Å². The molecule has 0 rings (SSSR count). The molecule has 0 heterocycles. The number of rotatable bonds is 4. The van der Waals surface area contributed by atoms with Gasteiger partial charge in [-0.1, -0.05) is 0 Å². The number of hydrogen-bond donors (Lipinski definition) is 2. The molecule has 1 atom stereocenters. The Kier molecular flexibility index (Phi) is 5.03. The molecule has 0 aromatic carbocycles. The third kappa shape index (κ3) is 4.68. The minimum Gasteiger partial charge on any atom is -0.465 e. The Morgan fingerprint density at radius 3 is 2.58 bits per heavy atom. The summed E-state index contributed by atoms with van der Waals surface area (Å²) >= 11 is 0. The maximum absolute atomic E-state index is 10.7. The van der Waals surface area contributed by atoms with Crippen LogP contribution < -0.4 is 5.32 Å². The summed E-state index contributed by atoms with van der Waals surface area (Å²) < 4.78 is 4.54. The van der Waals surface area contributed by atoms with E-state index < -0.39 is 18.0 Å². The van der Waals surface area contributed by atoms with Gasteiger partial charge in [0.05, 0.1) is 6.61 Å². The van der Waals surface area contributed by atoms with Crippen LogP contribution in [0.3, 0.4) is 0 Å². The zero-order valence-corrected chi connectivity index (χ0v) is 7.16. The molecule has 0 aromatic rings. The Morgan fingerprint density at radius 1 is 1.58 bits per heavy atom. The number of ether oxygens (including phenoxy) is 1. The maximum atomic E-state index is 10.7. The molecule has 0 saturated carbocycles. The molecule has 5 heteroatoms. The lowest BCUT2D eigenvalue weighted by atomic mass is 10.4. The number of esters is 1. The summed E-state index contributed by atoms with van der Waals surface area (Å²) in [5.74, 6) is -1.09. The number of carbonyl (C=O) groups is 2. The monoisotopic (exact) mass is 175 g/mol. The molecule has 2 N–H and O–H groups in total. The molecule has 0 aliphatic heterocycles. The smallest absolute Gasteiger partial charge is 0.325 e. The molecule has 0 unspecified atom stereocenters. The molecule has 0 fully saturated rings. The average Bonchev–Trinajstić information content (AvgIpc) is 2.00. The van der Waals surface area contributed by atoms with Crippen LogP contribution >= 0.6 is 0 Å². The average molecular weight is 175 g/mol. The topological polar surface area (TPSA) is 75.6 Å². The van der Waals surface area contributed by atoms with Gasteiger partial charge < -0.3 is 15.2 Å². The van der Waals surface area contributed by atoms with Gasteiger partial charge >= 0.3 is 5.97 Å². The van der Waals surface area contributed by atoms with Crippen molar-refractivity contribution in [2.45, 2.75) is 20.0 Å². The molecule has 0 spiro atoms. The molecule has 1 amide bonds. The third-order valence-electron chi connectivity index (χ3n) is 1.09. The van der Waals surface area contributed by atoms with Gasteiger partial charge in [0.25, 0.3) is 0 Å². The van der Waals surface area contributed by atoms with E-state index >= 15 is 0 Å². The highest BCUT2D eigenvalue weighted by molar-refractivity contribution is 5.84. The van der Waals surface area contributed by atoms with Gasteiger partial charge in [0.1, 0.15) is 12.6 Å². The highest BCUT2D eigenvalue weighted by atomic mass is 16.5. The molecular weight excluding hydrogens is 162 g/mol. The van der Waals surface area contributed by atoms with E-state index in [9.17, 15) is 9.59 Å². The number of carbonyl (C=O) groups excluding carboxylic acids is 2. The van der Waals surface area contributed by atoms with Crippen LogP contribution in [-0.2, 0) is 14.3 Å². The fraction of sp³-hybridized carbons (Fsp3) is 0.714. The molecule has 0 radical (unpaired) electrons. The first-order chi connectivity index (χ1) is 5.57. The molecular formula is C7H13NO4. The van der Waals surface area contributed by atoms with Crippen LogP contribution in [0.4, 0.5) is 0 Å². The fourth-order valence-electron chi connectivity index (χ4n) is 0.519. The summed E-state index contributed by atoms with van der Waals surface area (Å²) in [7, 11) is 0. The van der Waals surface area contributed by atoms with Crippen molar-refractivity contribution < 1.29 is 19.4 Å². The van der Waals surface area contributed by atoms with Gasteiger partial charge in [-0.25, -0.2) is 0 Å². The van der Waals surface area contributed by atoms with E-state index in [0.29, 0.717) is 0 Å². The molecule has 0 aromatic heterocycles. The predicted molar refractivity (Wildman–Crippen MR) is 41.3 cm³/mol. The molecule has 70 valence electrons. The highest BCUT2D eigenvalue weighted by Crippen LogP contribution is 1.80. The molecule has 12 heavy (non-hydrogen) atoms. The second-order valence-corrected chi connectivity index (χ2v) is 2.20. The van der Waals surface area contributed by atoms with Crippen molar-refractivity contribution in [2.75, 3.05) is 13.2 Å². The van der Waals surface area contributed by atoms with E-state index in [0.717, 1.165) is 0 Å². The quantitative estimate of drug-likeness (QED) is 0.540. The van der Waals surface area contributed by atoms with E-state index in [4.69, 9.17) is 5.11 Å². The van der Waals surface area contributed by atoms with Crippen molar-refractivity contribution in [2.24, 2.45) is 0 Å². The van der Waals surface area contributed by atoms with Gasteiger partial charge in [0.15, 0.2) is 0 Å². The summed E-state index contributed by atoms with van der Waals surface area (Å²) in [5, 5.41) is 10.9. The number of aliphatic hydroxyl groups excluding tert-OH is 1. The standard InChI is InChI=1S/C7H13NO4/c1-3-12-6(10)4-8-7(11)5(2)9/h5,9H,3-4H2,1-2H3,(H,8,11)/t5-/m0/s1. The van der Waals surface area contributed by atoms with Crippen molar-refractivity contribution in [1.29, 1.82) is 0 Å². The van der Waals surface area contributed by atoms with Gasteiger partial charge in [-0.3, -0.25) is 9.59 Å². The second kappa shape index (κ2) is 5.54. The fourth-order valence-corrected chi connectivity index (χ4v) is 0.519. The first-order valence-corrected chi connectivity index (χ1v) is 3.69. The van der Waals surface area contributed by atoms with Crippen LogP contribution in [0.25, 0.3) is 0 Å². The molecule has 0 bridgehead atoms. The molecule has 0 aliphatic carbocycles. The third-order valence-corrected chi connectivity index (χ3v) is 1.09. The Bertz CT molecular complexity index is 167. The number of aliphatic hydroxyl groups is 1. The summed E-state index contributed by atoms with van der Waals surface area (Å²) in [6, 6.07) is 0. The lowest BCUT2D eigenvalue weighted by molar-refractivity contribution is -0.144.